The fourth-order valence-electron chi connectivity index (χ4n) is 3.58. The fraction of sp³-hybridized carbons (Fsp3) is 0.333. The molecule has 0 saturated carbocycles. The highest BCUT2D eigenvalue weighted by Gasteiger charge is 2.21. The van der Waals surface area contributed by atoms with E-state index in [1.54, 1.807) is 12.1 Å². The second-order valence-corrected chi connectivity index (χ2v) is 6.94. The van der Waals surface area contributed by atoms with Gasteiger partial charge in [-0.2, -0.15) is 0 Å². The van der Waals surface area contributed by atoms with Crippen molar-refractivity contribution in [3.8, 4) is 0 Å². The summed E-state index contributed by atoms with van der Waals surface area (Å²) in [6.45, 7) is 2.96. The maximum atomic E-state index is 11.2. The number of piperidine rings is 1. The Labute approximate surface area is 152 Å². The second-order valence-electron chi connectivity index (χ2n) is 6.94. The molecule has 1 aliphatic heterocycles. The van der Waals surface area contributed by atoms with Crippen molar-refractivity contribution in [3.05, 3.63) is 70.8 Å². The van der Waals surface area contributed by atoms with Gasteiger partial charge >= 0.3 is 11.9 Å². The number of carbonyl (C=O) groups is 2. The minimum Gasteiger partial charge on any atom is -0.478 e. The molecular weight excluding hydrogens is 330 g/mol. The summed E-state index contributed by atoms with van der Waals surface area (Å²) in [5.41, 5.74) is 2.19. The van der Waals surface area contributed by atoms with Crippen molar-refractivity contribution in [1.29, 1.82) is 0 Å². The summed E-state index contributed by atoms with van der Waals surface area (Å²) in [5, 5.41) is 18.4. The molecule has 0 bridgehead atoms. The van der Waals surface area contributed by atoms with E-state index in [1.807, 2.05) is 6.07 Å². The van der Waals surface area contributed by atoms with Gasteiger partial charge in [0.2, 0.25) is 0 Å². The molecule has 136 valence electrons. The number of rotatable bonds is 6. The van der Waals surface area contributed by atoms with E-state index in [-0.39, 0.29) is 11.1 Å². The molecule has 3 rings (SSSR count). The quantitative estimate of drug-likeness (QED) is 0.830. The third-order valence-corrected chi connectivity index (χ3v) is 4.97. The van der Waals surface area contributed by atoms with Gasteiger partial charge < -0.3 is 10.2 Å². The third-order valence-electron chi connectivity index (χ3n) is 4.97. The predicted octanol–water partition coefficient (Wildman–Crippen LogP) is 3.54. The van der Waals surface area contributed by atoms with Crippen LogP contribution in [0.3, 0.4) is 0 Å². The number of hydrogen-bond acceptors (Lipinski definition) is 3. The molecule has 1 saturated heterocycles. The zero-order valence-electron chi connectivity index (χ0n) is 14.6. The lowest BCUT2D eigenvalue weighted by molar-refractivity contribution is 0.0696. The Morgan fingerprint density at radius 2 is 1.46 bits per heavy atom. The zero-order chi connectivity index (χ0) is 18.5. The summed E-state index contributed by atoms with van der Waals surface area (Å²) in [5.74, 6) is -1.73. The molecule has 0 amide bonds. The van der Waals surface area contributed by atoms with Crippen LogP contribution in [0.1, 0.15) is 44.7 Å². The second kappa shape index (κ2) is 8.15. The molecule has 0 atom stereocenters. The highest BCUT2D eigenvalue weighted by atomic mass is 16.4. The average molecular weight is 353 g/mol. The Balaban J connectivity index is 1.60. The Morgan fingerprint density at radius 3 is 2.00 bits per heavy atom. The zero-order valence-corrected chi connectivity index (χ0v) is 14.6. The molecule has 5 heteroatoms. The van der Waals surface area contributed by atoms with Gasteiger partial charge in [0, 0.05) is 6.54 Å². The van der Waals surface area contributed by atoms with Crippen molar-refractivity contribution in [2.24, 2.45) is 5.92 Å². The first-order valence-corrected chi connectivity index (χ1v) is 8.88. The van der Waals surface area contributed by atoms with Crippen LogP contribution in [0, 0.1) is 5.92 Å². The van der Waals surface area contributed by atoms with Gasteiger partial charge in [-0.25, -0.2) is 9.59 Å². The molecule has 0 aromatic heterocycles. The van der Waals surface area contributed by atoms with Crippen LogP contribution >= 0.6 is 0 Å². The number of carboxylic acid groups (broad SMARTS) is 2. The van der Waals surface area contributed by atoms with Gasteiger partial charge in [-0.1, -0.05) is 30.3 Å². The first kappa shape index (κ1) is 18.1. The van der Waals surface area contributed by atoms with E-state index in [2.05, 4.69) is 29.2 Å². The standard InChI is InChI=1S/C21H23NO4/c23-20(24)18-11-17(12-19(13-18)21(25)26)10-15-6-8-22(9-7-15)14-16-4-2-1-3-5-16/h1-5,11-13,15H,6-10,14H2,(H,23,24)(H,25,26). The minimum absolute atomic E-state index is 0.0430. The first-order chi connectivity index (χ1) is 12.5. The van der Waals surface area contributed by atoms with Crippen LogP contribution in [0.4, 0.5) is 0 Å². The number of aromatic carboxylic acids is 2. The molecule has 1 heterocycles. The fourth-order valence-corrected chi connectivity index (χ4v) is 3.58. The SMILES string of the molecule is O=C(O)c1cc(CC2CCN(Cc3ccccc3)CC2)cc(C(=O)O)c1. The van der Waals surface area contributed by atoms with Gasteiger partial charge in [0.15, 0.2) is 0 Å². The predicted molar refractivity (Wildman–Crippen MR) is 98.5 cm³/mol. The highest BCUT2D eigenvalue weighted by Crippen LogP contribution is 2.24. The van der Waals surface area contributed by atoms with Gasteiger partial charge in [0.1, 0.15) is 0 Å². The summed E-state index contributed by atoms with van der Waals surface area (Å²) >= 11 is 0. The number of likely N-dealkylation sites (tertiary alicyclic amines) is 1. The van der Waals surface area contributed by atoms with Crippen LogP contribution < -0.4 is 0 Å². The highest BCUT2D eigenvalue weighted by molar-refractivity contribution is 5.94. The van der Waals surface area contributed by atoms with Crippen molar-refractivity contribution in [1.82, 2.24) is 4.90 Å². The van der Waals surface area contributed by atoms with Gasteiger partial charge in [0.05, 0.1) is 11.1 Å². The van der Waals surface area contributed by atoms with E-state index in [1.165, 1.54) is 11.6 Å². The van der Waals surface area contributed by atoms with Crippen molar-refractivity contribution in [3.63, 3.8) is 0 Å². The van der Waals surface area contributed by atoms with Gasteiger partial charge in [-0.05, 0) is 67.6 Å². The number of carboxylic acids is 2. The smallest absolute Gasteiger partial charge is 0.335 e. The lowest BCUT2D eigenvalue weighted by Crippen LogP contribution is -2.33. The molecule has 1 fully saturated rings. The number of hydrogen-bond donors (Lipinski definition) is 2. The molecule has 0 aliphatic carbocycles. The van der Waals surface area contributed by atoms with E-state index < -0.39 is 11.9 Å². The normalized spacial score (nSPS) is 15.7. The minimum atomic E-state index is -1.09. The summed E-state index contributed by atoms with van der Waals surface area (Å²) in [4.78, 5) is 24.9. The lowest BCUT2D eigenvalue weighted by atomic mass is 9.89. The summed E-state index contributed by atoms with van der Waals surface area (Å²) in [7, 11) is 0. The van der Waals surface area contributed by atoms with Crippen LogP contribution in [0.15, 0.2) is 48.5 Å². The maximum Gasteiger partial charge on any atom is 0.335 e. The Morgan fingerprint density at radius 1 is 0.885 bits per heavy atom. The van der Waals surface area contributed by atoms with E-state index in [4.69, 9.17) is 0 Å². The lowest BCUT2D eigenvalue weighted by Gasteiger charge is -2.32. The van der Waals surface area contributed by atoms with E-state index in [0.29, 0.717) is 5.92 Å². The molecule has 26 heavy (non-hydrogen) atoms. The van der Waals surface area contributed by atoms with Crippen molar-refractivity contribution < 1.29 is 19.8 Å². The van der Waals surface area contributed by atoms with Crippen LogP contribution in [0.25, 0.3) is 0 Å². The molecule has 2 N–H and O–H groups in total. The molecule has 2 aromatic rings. The van der Waals surface area contributed by atoms with Crippen molar-refractivity contribution in [2.45, 2.75) is 25.8 Å². The summed E-state index contributed by atoms with van der Waals surface area (Å²) < 4.78 is 0. The first-order valence-electron chi connectivity index (χ1n) is 8.88. The third kappa shape index (κ3) is 4.70. The Bertz CT molecular complexity index is 748. The van der Waals surface area contributed by atoms with Crippen LogP contribution in [0.2, 0.25) is 0 Å². The molecule has 5 nitrogen and oxygen atoms in total. The molecule has 0 unspecified atom stereocenters. The molecule has 2 aromatic carbocycles. The van der Waals surface area contributed by atoms with Crippen LogP contribution in [-0.4, -0.2) is 40.1 Å². The van der Waals surface area contributed by atoms with Crippen molar-refractivity contribution in [2.75, 3.05) is 13.1 Å². The molecule has 1 aliphatic rings. The monoisotopic (exact) mass is 353 g/mol. The number of benzene rings is 2. The van der Waals surface area contributed by atoms with E-state index in [9.17, 15) is 19.8 Å². The van der Waals surface area contributed by atoms with Gasteiger partial charge in [-0.15, -0.1) is 0 Å². The maximum absolute atomic E-state index is 11.2. The van der Waals surface area contributed by atoms with Gasteiger partial charge in [0.25, 0.3) is 0 Å². The van der Waals surface area contributed by atoms with E-state index in [0.717, 1.165) is 44.5 Å². The van der Waals surface area contributed by atoms with E-state index >= 15 is 0 Å². The molecule has 0 radical (unpaired) electrons. The summed E-state index contributed by atoms with van der Waals surface area (Å²) in [6, 6.07) is 14.8. The Hall–Kier alpha value is -2.66. The number of nitrogens with zero attached hydrogens (tertiary/aromatic N) is 1. The Kier molecular flexibility index (Phi) is 5.68. The van der Waals surface area contributed by atoms with Crippen LogP contribution in [0.5, 0.6) is 0 Å². The van der Waals surface area contributed by atoms with Gasteiger partial charge in [-0.3, -0.25) is 4.90 Å². The summed E-state index contributed by atoms with van der Waals surface area (Å²) in [6.07, 6.45) is 2.79. The largest absolute Gasteiger partial charge is 0.478 e. The molecular formula is C21H23NO4. The van der Waals surface area contributed by atoms with Crippen LogP contribution in [-0.2, 0) is 13.0 Å². The van der Waals surface area contributed by atoms with Crippen molar-refractivity contribution >= 4 is 11.9 Å². The molecule has 0 spiro atoms. The average Bonchev–Trinajstić information content (AvgIpc) is 2.64. The topological polar surface area (TPSA) is 77.8 Å².